The zero-order valence-corrected chi connectivity index (χ0v) is 8.58. The second-order valence-electron chi connectivity index (χ2n) is 1.00. The summed E-state index contributed by atoms with van der Waals surface area (Å²) in [5, 5.41) is 5.50. The van der Waals surface area contributed by atoms with Crippen molar-refractivity contribution >= 4 is 0 Å². The van der Waals surface area contributed by atoms with Crippen LogP contribution in [0, 0.1) is 0 Å². The number of hydrogen-bond donors (Lipinski definition) is 3. The van der Waals surface area contributed by atoms with Crippen molar-refractivity contribution in [3.05, 3.63) is 0 Å². The van der Waals surface area contributed by atoms with E-state index in [4.69, 9.17) is 0 Å². The smallest absolute Gasteiger partial charge is 0.0167 e. The zero-order chi connectivity index (χ0) is 9.41. The van der Waals surface area contributed by atoms with Crippen LogP contribution in [0.15, 0.2) is 0 Å². The predicted octanol–water partition coefficient (Wildman–Crippen LogP) is 0.272. The van der Waals surface area contributed by atoms with Gasteiger partial charge in [-0.1, -0.05) is 13.8 Å². The molecule has 0 saturated heterocycles. The van der Waals surface area contributed by atoms with Crippen molar-refractivity contribution in [2.24, 2.45) is 5.73 Å². The minimum absolute atomic E-state index is 1.50. The van der Waals surface area contributed by atoms with E-state index in [0.29, 0.717) is 0 Å². The second-order valence-corrected chi connectivity index (χ2v) is 1.00. The first-order valence-electron chi connectivity index (χ1n) is 3.58. The lowest BCUT2D eigenvalue weighted by Crippen LogP contribution is -1.89. The first kappa shape index (κ1) is 22.5. The van der Waals surface area contributed by atoms with Crippen LogP contribution < -0.4 is 16.4 Å². The fourth-order valence-electron chi connectivity index (χ4n) is 0. The van der Waals surface area contributed by atoms with Crippen LogP contribution in [0.4, 0.5) is 0 Å². The molecule has 0 radical (unpaired) electrons. The van der Waals surface area contributed by atoms with Gasteiger partial charge in [0.25, 0.3) is 0 Å². The van der Waals surface area contributed by atoms with Gasteiger partial charge < -0.3 is 16.4 Å². The third-order valence-corrected chi connectivity index (χ3v) is 0. The molecule has 0 saturated carbocycles. The number of hydrogen-bond acceptors (Lipinski definition) is 3. The minimum atomic E-state index is 1.50. The van der Waals surface area contributed by atoms with E-state index in [9.17, 15) is 0 Å². The Bertz CT molecular complexity index is 10.8. The molecule has 0 aliphatic rings. The molecule has 0 aliphatic carbocycles. The lowest BCUT2D eigenvalue weighted by molar-refractivity contribution is 1.02. The molecule has 0 aromatic carbocycles. The molecule has 0 amide bonds. The van der Waals surface area contributed by atoms with Gasteiger partial charge in [0.05, 0.1) is 0 Å². The highest BCUT2D eigenvalue weighted by Crippen LogP contribution is 1.14. The Morgan fingerprint density at radius 2 is 0.700 bits per heavy atom. The van der Waals surface area contributed by atoms with Gasteiger partial charge in [0.2, 0.25) is 0 Å². The lowest BCUT2D eigenvalue weighted by Gasteiger charge is -1.59. The Kier molecular flexibility index (Phi) is 352. The van der Waals surface area contributed by atoms with Gasteiger partial charge in [0.1, 0.15) is 0 Å². The molecule has 3 nitrogen and oxygen atoms in total. The summed E-state index contributed by atoms with van der Waals surface area (Å²) in [5.41, 5.74) is 4.50. The molecule has 0 unspecified atom stereocenters. The summed E-state index contributed by atoms with van der Waals surface area (Å²) < 4.78 is 0. The number of nitrogens with two attached hydrogens (primary N) is 1. The van der Waals surface area contributed by atoms with Crippen LogP contribution in [0.1, 0.15) is 13.8 Å². The minimum Gasteiger partial charge on any atom is -0.333 e. The van der Waals surface area contributed by atoms with Crippen LogP contribution in [0.25, 0.3) is 0 Å². The van der Waals surface area contributed by atoms with Gasteiger partial charge in [-0.25, -0.2) is 0 Å². The molecule has 0 aliphatic heterocycles. The number of rotatable bonds is 0. The largest absolute Gasteiger partial charge is 0.333 e. The molecule has 68 valence electrons. The van der Waals surface area contributed by atoms with Crippen LogP contribution in [0.2, 0.25) is 0 Å². The van der Waals surface area contributed by atoms with E-state index in [1.54, 1.807) is 0 Å². The van der Waals surface area contributed by atoms with Crippen LogP contribution in [0.5, 0.6) is 0 Å². The molecule has 0 heterocycles. The molecular formula is C7H25N3. The van der Waals surface area contributed by atoms with Crippen LogP contribution >= 0.6 is 0 Å². The molecule has 0 atom stereocenters. The van der Waals surface area contributed by atoms with E-state index in [-0.39, 0.29) is 0 Å². The number of nitrogens with one attached hydrogen (secondary N) is 2. The fraction of sp³-hybridized carbons (Fsp3) is 1.00. The molecule has 0 aromatic rings. The van der Waals surface area contributed by atoms with Crippen LogP contribution in [0.3, 0.4) is 0 Å². The van der Waals surface area contributed by atoms with Crippen LogP contribution in [-0.2, 0) is 0 Å². The van der Waals surface area contributed by atoms with Gasteiger partial charge in [0.15, 0.2) is 0 Å². The normalized spacial score (nSPS) is 4.80. The van der Waals surface area contributed by atoms with E-state index >= 15 is 0 Å². The molecule has 10 heavy (non-hydrogen) atoms. The predicted molar refractivity (Wildman–Crippen MR) is 51.4 cm³/mol. The maximum atomic E-state index is 4.50. The highest BCUT2D eigenvalue weighted by molar-refractivity contribution is 3.91. The molecule has 4 N–H and O–H groups in total. The average Bonchev–Trinajstić information content (AvgIpc) is 1.99. The van der Waals surface area contributed by atoms with E-state index in [1.165, 1.54) is 7.05 Å². The van der Waals surface area contributed by atoms with Crippen molar-refractivity contribution in [3.63, 3.8) is 0 Å². The van der Waals surface area contributed by atoms with Gasteiger partial charge in [0, 0.05) is 0 Å². The Hall–Kier alpha value is -0.120. The Morgan fingerprint density at radius 3 is 0.700 bits per heavy atom. The molecule has 0 aromatic heterocycles. The highest BCUT2D eigenvalue weighted by atomic mass is 14.7. The van der Waals surface area contributed by atoms with Crippen molar-refractivity contribution in [3.8, 4) is 0 Å². The highest BCUT2D eigenvalue weighted by Gasteiger charge is 1.26. The van der Waals surface area contributed by atoms with E-state index < -0.39 is 0 Å². The van der Waals surface area contributed by atoms with Gasteiger partial charge in [-0.2, -0.15) is 0 Å². The van der Waals surface area contributed by atoms with Gasteiger partial charge >= 0.3 is 0 Å². The summed E-state index contributed by atoms with van der Waals surface area (Å²) in [7, 11) is 9.00. The lowest BCUT2D eigenvalue weighted by atomic mass is 11.0. The molecule has 0 rings (SSSR count). The maximum absolute atomic E-state index is 4.50. The first-order chi connectivity index (χ1) is 4.83. The van der Waals surface area contributed by atoms with Crippen molar-refractivity contribution in [1.29, 1.82) is 0 Å². The van der Waals surface area contributed by atoms with Gasteiger partial charge in [-0.3, -0.25) is 0 Å². The third-order valence-electron chi connectivity index (χ3n) is 0. The maximum Gasteiger partial charge on any atom is -0.0167 e. The standard InChI is InChI=1S/2C2H7N.C2H6.CH5N/c2*1-3-2;2*1-2/h2*3H,1-2H3;1-2H3;2H2,1H3. The molecule has 0 fully saturated rings. The van der Waals surface area contributed by atoms with Gasteiger partial charge in [-0.15, -0.1) is 0 Å². The topological polar surface area (TPSA) is 50.1 Å². The van der Waals surface area contributed by atoms with E-state index in [0.717, 1.165) is 0 Å². The third kappa shape index (κ3) is 25900. The summed E-state index contributed by atoms with van der Waals surface area (Å²) in [5.74, 6) is 0. The van der Waals surface area contributed by atoms with Crippen molar-refractivity contribution < 1.29 is 0 Å². The molecule has 0 bridgehead atoms. The SMILES string of the molecule is CC.CN.CNC.CNC. The summed E-state index contributed by atoms with van der Waals surface area (Å²) >= 11 is 0. The first-order valence-corrected chi connectivity index (χ1v) is 3.58. The monoisotopic (exact) mass is 151 g/mol. The summed E-state index contributed by atoms with van der Waals surface area (Å²) in [6.45, 7) is 4.00. The van der Waals surface area contributed by atoms with E-state index in [2.05, 4.69) is 16.4 Å². The van der Waals surface area contributed by atoms with Crippen molar-refractivity contribution in [2.45, 2.75) is 13.8 Å². The molecule has 3 heteroatoms. The summed E-state index contributed by atoms with van der Waals surface area (Å²) in [6, 6.07) is 0. The van der Waals surface area contributed by atoms with E-state index in [1.807, 2.05) is 42.0 Å². The fourth-order valence-corrected chi connectivity index (χ4v) is 0. The Balaban J connectivity index is -0.0000000246. The van der Waals surface area contributed by atoms with Crippen LogP contribution in [-0.4, -0.2) is 35.2 Å². The summed E-state index contributed by atoms with van der Waals surface area (Å²) in [6.07, 6.45) is 0. The van der Waals surface area contributed by atoms with Crippen molar-refractivity contribution in [1.82, 2.24) is 10.6 Å². The zero-order valence-electron chi connectivity index (χ0n) is 8.58. The average molecular weight is 151 g/mol. The molecule has 0 spiro atoms. The Labute approximate surface area is 66.4 Å². The quantitative estimate of drug-likeness (QED) is 0.466. The molecular weight excluding hydrogens is 126 g/mol. The van der Waals surface area contributed by atoms with Gasteiger partial charge in [-0.05, 0) is 35.2 Å². The Morgan fingerprint density at radius 1 is 0.700 bits per heavy atom. The summed E-state index contributed by atoms with van der Waals surface area (Å²) in [4.78, 5) is 0. The second kappa shape index (κ2) is 156. The van der Waals surface area contributed by atoms with Crippen molar-refractivity contribution in [2.75, 3.05) is 35.2 Å².